The van der Waals surface area contributed by atoms with Gasteiger partial charge in [-0.2, -0.15) is 0 Å². The molecule has 1 aliphatic heterocycles. The number of H-pyrrole nitrogens is 1. The van der Waals surface area contributed by atoms with Gasteiger partial charge in [0.2, 0.25) is 5.91 Å². The van der Waals surface area contributed by atoms with Crippen LogP contribution in [0, 0.1) is 0 Å². The van der Waals surface area contributed by atoms with E-state index < -0.39 is 0 Å². The number of carbonyl (C=O) groups excluding carboxylic acids is 2. The van der Waals surface area contributed by atoms with Gasteiger partial charge in [-0.3, -0.25) is 14.5 Å². The van der Waals surface area contributed by atoms with Gasteiger partial charge in [0.1, 0.15) is 11.4 Å². The standard InChI is InChI=1S/C26H20N4O3S/c31-21-10-6-17(7-11-21)14-23-25(33)30(20-4-2-1-3-5-20)26(29-23)34-16-24(32)28-19-9-8-18-12-13-27-22(18)15-19/h1-15,27,31H,16H2,(H,28,32)/b23-14-. The maximum absolute atomic E-state index is 13.2. The number of aromatic hydroxyl groups is 1. The van der Waals surface area contributed by atoms with Crippen molar-refractivity contribution in [3.8, 4) is 5.75 Å². The van der Waals surface area contributed by atoms with E-state index in [1.54, 1.807) is 30.3 Å². The number of aliphatic imine (C=N–C) groups is 1. The molecule has 0 radical (unpaired) electrons. The summed E-state index contributed by atoms with van der Waals surface area (Å²) in [5.74, 6) is -0.244. The summed E-state index contributed by atoms with van der Waals surface area (Å²) in [6.45, 7) is 0. The van der Waals surface area contributed by atoms with E-state index in [9.17, 15) is 14.7 Å². The van der Waals surface area contributed by atoms with Crippen LogP contribution in [0.3, 0.4) is 0 Å². The fourth-order valence-corrected chi connectivity index (χ4v) is 4.39. The molecule has 0 fully saturated rings. The number of anilines is 2. The van der Waals surface area contributed by atoms with Crippen molar-refractivity contribution in [3.63, 3.8) is 0 Å². The number of amidine groups is 1. The second-order valence-electron chi connectivity index (χ2n) is 7.61. The number of thioether (sulfide) groups is 1. The number of nitrogens with zero attached hydrogens (tertiary/aromatic N) is 2. The van der Waals surface area contributed by atoms with Gasteiger partial charge in [-0.15, -0.1) is 0 Å². The van der Waals surface area contributed by atoms with Gasteiger partial charge in [-0.1, -0.05) is 48.2 Å². The quantitative estimate of drug-likeness (QED) is 0.360. The lowest BCUT2D eigenvalue weighted by molar-refractivity contribution is -0.114. The van der Waals surface area contributed by atoms with Gasteiger partial charge in [-0.05, 0) is 59.5 Å². The van der Waals surface area contributed by atoms with Crippen LogP contribution in [-0.2, 0) is 9.59 Å². The summed E-state index contributed by atoms with van der Waals surface area (Å²) in [4.78, 5) is 35.0. The lowest BCUT2D eigenvalue weighted by Gasteiger charge is -2.17. The average Bonchev–Trinajstić information content (AvgIpc) is 3.43. The molecule has 2 amide bonds. The average molecular weight is 469 g/mol. The van der Waals surface area contributed by atoms with E-state index in [2.05, 4.69) is 15.3 Å². The molecule has 0 unspecified atom stereocenters. The van der Waals surface area contributed by atoms with Crippen LogP contribution in [0.5, 0.6) is 5.75 Å². The molecule has 4 aromatic rings. The number of aromatic amines is 1. The van der Waals surface area contributed by atoms with Crippen molar-refractivity contribution in [2.24, 2.45) is 4.99 Å². The molecule has 0 bridgehead atoms. The number of hydrogen-bond acceptors (Lipinski definition) is 5. The van der Waals surface area contributed by atoms with Gasteiger partial charge in [-0.25, -0.2) is 4.99 Å². The van der Waals surface area contributed by atoms with E-state index in [0.29, 0.717) is 16.5 Å². The van der Waals surface area contributed by atoms with Gasteiger partial charge in [0.05, 0.1) is 11.4 Å². The van der Waals surface area contributed by atoms with Crippen molar-refractivity contribution < 1.29 is 14.7 Å². The number of para-hydroxylation sites is 1. The summed E-state index contributed by atoms with van der Waals surface area (Å²) in [6.07, 6.45) is 3.51. The Balaban J connectivity index is 1.35. The molecule has 2 heterocycles. The molecule has 3 aromatic carbocycles. The molecule has 0 spiro atoms. The SMILES string of the molecule is O=C(CSC1=N/C(=C\c2ccc(O)cc2)C(=O)N1c1ccccc1)Nc1ccc2cc[nH]c2c1. The predicted octanol–water partition coefficient (Wildman–Crippen LogP) is 4.99. The first kappa shape index (κ1) is 21.5. The number of hydrogen-bond donors (Lipinski definition) is 3. The zero-order valence-corrected chi connectivity index (χ0v) is 18.8. The van der Waals surface area contributed by atoms with Gasteiger partial charge in [0.15, 0.2) is 5.17 Å². The van der Waals surface area contributed by atoms with Crippen LogP contribution < -0.4 is 10.2 Å². The topological polar surface area (TPSA) is 97.8 Å². The van der Waals surface area contributed by atoms with Gasteiger partial charge < -0.3 is 15.4 Å². The Hall–Kier alpha value is -4.30. The maximum Gasteiger partial charge on any atom is 0.283 e. The number of aromatic nitrogens is 1. The Morgan fingerprint density at radius 2 is 1.85 bits per heavy atom. The van der Waals surface area contributed by atoms with Crippen LogP contribution in [0.4, 0.5) is 11.4 Å². The van der Waals surface area contributed by atoms with Crippen molar-refractivity contribution in [1.82, 2.24) is 4.98 Å². The van der Waals surface area contributed by atoms with Crippen LogP contribution >= 0.6 is 11.8 Å². The second kappa shape index (κ2) is 9.29. The second-order valence-corrected chi connectivity index (χ2v) is 8.55. The molecule has 168 valence electrons. The monoisotopic (exact) mass is 468 g/mol. The number of rotatable bonds is 5. The molecule has 0 saturated carbocycles. The molecule has 1 aromatic heterocycles. The Bertz CT molecular complexity index is 1430. The minimum absolute atomic E-state index is 0.0880. The van der Waals surface area contributed by atoms with Crippen LogP contribution in [0.1, 0.15) is 5.56 Å². The molecule has 8 heteroatoms. The predicted molar refractivity (Wildman–Crippen MR) is 137 cm³/mol. The number of carbonyl (C=O) groups is 2. The highest BCUT2D eigenvalue weighted by molar-refractivity contribution is 8.14. The van der Waals surface area contributed by atoms with E-state index in [-0.39, 0.29) is 29.0 Å². The molecule has 0 aliphatic carbocycles. The van der Waals surface area contributed by atoms with E-state index in [0.717, 1.165) is 16.5 Å². The Morgan fingerprint density at radius 3 is 2.65 bits per heavy atom. The zero-order chi connectivity index (χ0) is 23.5. The molecule has 0 atom stereocenters. The zero-order valence-electron chi connectivity index (χ0n) is 17.9. The van der Waals surface area contributed by atoms with Crippen molar-refractivity contribution in [3.05, 3.63) is 96.3 Å². The molecule has 1 aliphatic rings. The van der Waals surface area contributed by atoms with Crippen molar-refractivity contribution in [2.75, 3.05) is 16.0 Å². The number of fused-ring (bicyclic) bond motifs is 1. The third-order valence-corrected chi connectivity index (χ3v) is 6.15. The van der Waals surface area contributed by atoms with E-state index in [1.165, 1.54) is 16.7 Å². The highest BCUT2D eigenvalue weighted by Crippen LogP contribution is 2.29. The first-order valence-corrected chi connectivity index (χ1v) is 11.5. The summed E-state index contributed by atoms with van der Waals surface area (Å²) >= 11 is 1.19. The van der Waals surface area contributed by atoms with E-state index in [1.807, 2.05) is 60.8 Å². The van der Waals surface area contributed by atoms with Crippen LogP contribution in [0.2, 0.25) is 0 Å². The minimum Gasteiger partial charge on any atom is -0.508 e. The van der Waals surface area contributed by atoms with Gasteiger partial charge in [0.25, 0.3) is 5.91 Å². The number of phenolic OH excluding ortho intramolecular Hbond substituents is 1. The Labute approximate surface area is 199 Å². The number of amides is 2. The third kappa shape index (κ3) is 4.57. The van der Waals surface area contributed by atoms with Crippen LogP contribution in [0.25, 0.3) is 17.0 Å². The van der Waals surface area contributed by atoms with Crippen LogP contribution in [0.15, 0.2) is 95.7 Å². The molecule has 5 rings (SSSR count). The first-order chi connectivity index (χ1) is 16.6. The summed E-state index contributed by atoms with van der Waals surface area (Å²) < 4.78 is 0. The van der Waals surface area contributed by atoms with Gasteiger partial charge >= 0.3 is 0 Å². The number of nitrogens with one attached hydrogen (secondary N) is 2. The van der Waals surface area contributed by atoms with Crippen molar-refractivity contribution in [2.45, 2.75) is 0 Å². The van der Waals surface area contributed by atoms with E-state index in [4.69, 9.17) is 0 Å². The normalized spacial score (nSPS) is 14.6. The molecular weight excluding hydrogens is 448 g/mol. The minimum atomic E-state index is -0.278. The fraction of sp³-hybridized carbons (Fsp3) is 0.0385. The lowest BCUT2D eigenvalue weighted by Crippen LogP contribution is -2.31. The Morgan fingerprint density at radius 1 is 1.06 bits per heavy atom. The third-order valence-electron chi connectivity index (χ3n) is 5.21. The summed E-state index contributed by atoms with van der Waals surface area (Å²) in [7, 11) is 0. The van der Waals surface area contributed by atoms with Crippen LogP contribution in [-0.4, -0.2) is 32.8 Å². The van der Waals surface area contributed by atoms with Gasteiger partial charge in [0, 0.05) is 17.4 Å². The maximum atomic E-state index is 13.2. The molecule has 34 heavy (non-hydrogen) atoms. The lowest BCUT2D eigenvalue weighted by atomic mass is 10.2. The molecule has 7 nitrogen and oxygen atoms in total. The molecular formula is C26H20N4O3S. The summed E-state index contributed by atoms with van der Waals surface area (Å²) in [5, 5.41) is 13.9. The largest absolute Gasteiger partial charge is 0.508 e. The van der Waals surface area contributed by atoms with Crippen molar-refractivity contribution in [1.29, 1.82) is 0 Å². The fourth-order valence-electron chi connectivity index (χ4n) is 3.58. The summed E-state index contributed by atoms with van der Waals surface area (Å²) in [5.41, 5.74) is 3.30. The Kier molecular flexibility index (Phi) is 5.88. The number of phenols is 1. The molecule has 3 N–H and O–H groups in total. The van der Waals surface area contributed by atoms with E-state index >= 15 is 0 Å². The molecule has 0 saturated heterocycles. The highest BCUT2D eigenvalue weighted by Gasteiger charge is 2.32. The van der Waals surface area contributed by atoms with Crippen molar-refractivity contribution >= 4 is 57.1 Å². The first-order valence-electron chi connectivity index (χ1n) is 10.6. The number of benzene rings is 3. The highest BCUT2D eigenvalue weighted by atomic mass is 32.2. The summed E-state index contributed by atoms with van der Waals surface area (Å²) in [6, 6.07) is 23.3. The smallest absolute Gasteiger partial charge is 0.283 e.